The van der Waals surface area contributed by atoms with E-state index in [-0.39, 0.29) is 6.04 Å². The number of halogens is 2. The Morgan fingerprint density at radius 2 is 2.16 bits per heavy atom. The molecular formula is C15H17BrClNS. The van der Waals surface area contributed by atoms with Crippen LogP contribution in [0, 0.1) is 0 Å². The fraction of sp³-hybridized carbons (Fsp3) is 0.333. The average molecular weight is 359 g/mol. The Morgan fingerprint density at radius 1 is 1.37 bits per heavy atom. The molecule has 2 unspecified atom stereocenters. The molecule has 0 saturated heterocycles. The zero-order valence-electron chi connectivity index (χ0n) is 11.0. The maximum atomic E-state index is 6.31. The molecule has 0 amide bonds. The van der Waals surface area contributed by atoms with E-state index >= 15 is 0 Å². The molecule has 2 atom stereocenters. The number of benzene rings is 1. The van der Waals surface area contributed by atoms with Crippen molar-refractivity contribution in [3.05, 3.63) is 55.6 Å². The first-order chi connectivity index (χ1) is 9.11. The average Bonchev–Trinajstić information content (AvgIpc) is 2.89. The van der Waals surface area contributed by atoms with Crippen molar-refractivity contribution in [2.45, 2.75) is 32.4 Å². The van der Waals surface area contributed by atoms with Crippen molar-refractivity contribution in [2.24, 2.45) is 0 Å². The third-order valence-corrected chi connectivity index (χ3v) is 4.98. The number of rotatable bonds is 5. The lowest BCUT2D eigenvalue weighted by Gasteiger charge is -2.22. The lowest BCUT2D eigenvalue weighted by atomic mass is 10.1. The Kier molecular flexibility index (Phi) is 5.46. The Morgan fingerprint density at radius 3 is 2.74 bits per heavy atom. The fourth-order valence-corrected chi connectivity index (χ4v) is 3.84. The van der Waals surface area contributed by atoms with E-state index in [9.17, 15) is 0 Å². The van der Waals surface area contributed by atoms with Gasteiger partial charge in [0.1, 0.15) is 0 Å². The highest BCUT2D eigenvalue weighted by atomic mass is 79.9. The molecule has 0 aliphatic rings. The Labute approximate surface area is 132 Å². The summed E-state index contributed by atoms with van der Waals surface area (Å²) >= 11 is 11.5. The summed E-state index contributed by atoms with van der Waals surface area (Å²) in [6.45, 7) is 4.36. The quantitative estimate of drug-likeness (QED) is 0.694. The molecule has 1 aromatic carbocycles. The highest BCUT2D eigenvalue weighted by molar-refractivity contribution is 9.10. The fourth-order valence-electron chi connectivity index (χ4n) is 2.13. The molecule has 0 spiro atoms. The Balaban J connectivity index is 2.13. The molecule has 2 rings (SSSR count). The number of nitrogens with one attached hydrogen (secondary N) is 1. The SMILES string of the molecule is CCC(NC(C)c1ccc(Br)cc1Cl)c1cccs1. The summed E-state index contributed by atoms with van der Waals surface area (Å²) in [6.07, 6.45) is 1.07. The van der Waals surface area contributed by atoms with E-state index < -0.39 is 0 Å². The zero-order chi connectivity index (χ0) is 13.8. The topological polar surface area (TPSA) is 12.0 Å². The number of hydrogen-bond acceptors (Lipinski definition) is 2. The summed E-state index contributed by atoms with van der Waals surface area (Å²) in [7, 11) is 0. The van der Waals surface area contributed by atoms with Gasteiger partial charge in [-0.1, -0.05) is 46.6 Å². The molecule has 1 nitrogen and oxygen atoms in total. The second kappa shape index (κ2) is 6.89. The number of hydrogen-bond donors (Lipinski definition) is 1. The molecule has 0 radical (unpaired) electrons. The number of thiophene rings is 1. The minimum absolute atomic E-state index is 0.229. The lowest BCUT2D eigenvalue weighted by molar-refractivity contribution is 0.462. The normalized spacial score (nSPS) is 14.3. The highest BCUT2D eigenvalue weighted by Gasteiger charge is 2.16. The van der Waals surface area contributed by atoms with Crippen LogP contribution < -0.4 is 5.32 Å². The van der Waals surface area contributed by atoms with Crippen LogP contribution in [0.5, 0.6) is 0 Å². The summed E-state index contributed by atoms with van der Waals surface area (Å²) in [5.41, 5.74) is 1.14. The van der Waals surface area contributed by atoms with Crippen LogP contribution in [0.3, 0.4) is 0 Å². The Hall–Kier alpha value is -0.350. The van der Waals surface area contributed by atoms with Crippen LogP contribution in [-0.2, 0) is 0 Å². The van der Waals surface area contributed by atoms with Crippen LogP contribution in [-0.4, -0.2) is 0 Å². The van der Waals surface area contributed by atoms with Gasteiger partial charge in [0, 0.05) is 26.5 Å². The first-order valence-electron chi connectivity index (χ1n) is 6.36. The van der Waals surface area contributed by atoms with Gasteiger partial charge in [-0.25, -0.2) is 0 Å². The van der Waals surface area contributed by atoms with Gasteiger partial charge < -0.3 is 5.32 Å². The summed E-state index contributed by atoms with van der Waals surface area (Å²) in [5.74, 6) is 0. The lowest BCUT2D eigenvalue weighted by Crippen LogP contribution is -2.23. The van der Waals surface area contributed by atoms with Gasteiger partial charge in [0.2, 0.25) is 0 Å². The molecule has 1 aromatic heterocycles. The van der Waals surface area contributed by atoms with E-state index in [1.165, 1.54) is 4.88 Å². The van der Waals surface area contributed by atoms with Crippen LogP contribution in [0.2, 0.25) is 5.02 Å². The molecule has 0 saturated carbocycles. The zero-order valence-corrected chi connectivity index (χ0v) is 14.1. The van der Waals surface area contributed by atoms with E-state index in [1.54, 1.807) is 11.3 Å². The van der Waals surface area contributed by atoms with Crippen molar-refractivity contribution in [3.8, 4) is 0 Å². The Bertz CT molecular complexity index is 527. The highest BCUT2D eigenvalue weighted by Crippen LogP contribution is 2.30. The van der Waals surface area contributed by atoms with Gasteiger partial charge in [-0.15, -0.1) is 11.3 Å². The van der Waals surface area contributed by atoms with Gasteiger partial charge in [-0.05, 0) is 42.5 Å². The summed E-state index contributed by atoms with van der Waals surface area (Å²) in [4.78, 5) is 1.38. The molecule has 0 fully saturated rings. The van der Waals surface area contributed by atoms with Gasteiger partial charge in [0.05, 0.1) is 0 Å². The van der Waals surface area contributed by atoms with Crippen LogP contribution >= 0.6 is 38.9 Å². The minimum atomic E-state index is 0.229. The molecule has 0 aliphatic carbocycles. The second-order valence-corrected chi connectivity index (χ2v) is 6.83. The molecule has 1 heterocycles. The smallest absolute Gasteiger partial charge is 0.0464 e. The molecule has 1 N–H and O–H groups in total. The monoisotopic (exact) mass is 357 g/mol. The van der Waals surface area contributed by atoms with Crippen molar-refractivity contribution in [3.63, 3.8) is 0 Å². The van der Waals surface area contributed by atoms with E-state index in [2.05, 4.69) is 58.7 Å². The molecule has 2 aromatic rings. The van der Waals surface area contributed by atoms with Crippen LogP contribution in [0.1, 0.15) is 42.8 Å². The molecule has 0 bridgehead atoms. The minimum Gasteiger partial charge on any atom is -0.303 e. The van der Waals surface area contributed by atoms with Gasteiger partial charge >= 0.3 is 0 Å². The predicted octanol–water partition coefficient (Wildman–Crippen LogP) is 5.97. The van der Waals surface area contributed by atoms with Crippen molar-refractivity contribution >= 4 is 38.9 Å². The van der Waals surface area contributed by atoms with Crippen LogP contribution in [0.15, 0.2) is 40.2 Å². The third-order valence-electron chi connectivity index (χ3n) is 3.18. The van der Waals surface area contributed by atoms with Crippen molar-refractivity contribution < 1.29 is 0 Å². The van der Waals surface area contributed by atoms with Crippen LogP contribution in [0.25, 0.3) is 0 Å². The third kappa shape index (κ3) is 3.82. The molecule has 0 aliphatic heterocycles. The predicted molar refractivity (Wildman–Crippen MR) is 88.1 cm³/mol. The van der Waals surface area contributed by atoms with E-state index in [4.69, 9.17) is 11.6 Å². The first kappa shape index (κ1) is 15.0. The van der Waals surface area contributed by atoms with Crippen molar-refractivity contribution in [1.82, 2.24) is 5.32 Å². The van der Waals surface area contributed by atoms with E-state index in [0.29, 0.717) is 6.04 Å². The van der Waals surface area contributed by atoms with Crippen molar-refractivity contribution in [1.29, 1.82) is 0 Å². The van der Waals surface area contributed by atoms with E-state index in [1.807, 2.05) is 12.1 Å². The molecule has 19 heavy (non-hydrogen) atoms. The summed E-state index contributed by atoms with van der Waals surface area (Å²) in [6, 6.07) is 10.9. The van der Waals surface area contributed by atoms with Gasteiger partial charge in [-0.3, -0.25) is 0 Å². The maximum absolute atomic E-state index is 6.31. The molecular weight excluding hydrogens is 342 g/mol. The van der Waals surface area contributed by atoms with E-state index in [0.717, 1.165) is 21.5 Å². The maximum Gasteiger partial charge on any atom is 0.0464 e. The second-order valence-electron chi connectivity index (χ2n) is 4.53. The van der Waals surface area contributed by atoms with Crippen LogP contribution in [0.4, 0.5) is 0 Å². The summed E-state index contributed by atoms with van der Waals surface area (Å²) in [5, 5.41) is 6.58. The standard InChI is InChI=1S/C15H17BrClNS/c1-3-14(15-5-4-8-19-15)18-10(2)12-7-6-11(16)9-13(12)17/h4-10,14,18H,3H2,1-2H3. The molecule has 4 heteroatoms. The first-order valence-corrected chi connectivity index (χ1v) is 8.41. The largest absolute Gasteiger partial charge is 0.303 e. The van der Waals surface area contributed by atoms with Gasteiger partial charge in [0.25, 0.3) is 0 Å². The van der Waals surface area contributed by atoms with Gasteiger partial charge in [-0.2, -0.15) is 0 Å². The van der Waals surface area contributed by atoms with Gasteiger partial charge in [0.15, 0.2) is 0 Å². The molecule has 102 valence electrons. The summed E-state index contributed by atoms with van der Waals surface area (Å²) < 4.78 is 1.01. The van der Waals surface area contributed by atoms with Crippen molar-refractivity contribution in [2.75, 3.05) is 0 Å².